The van der Waals surface area contributed by atoms with Crippen LogP contribution in [0.1, 0.15) is 26.3 Å². The number of carbonyl (C=O) groups excluding carboxylic acids is 3. The van der Waals surface area contributed by atoms with E-state index in [0.717, 1.165) is 5.56 Å². The lowest BCUT2D eigenvalue weighted by molar-refractivity contribution is -0.384. The second-order valence-electron chi connectivity index (χ2n) is 7.03. The van der Waals surface area contributed by atoms with Gasteiger partial charge in [0.15, 0.2) is 24.5 Å². The summed E-state index contributed by atoms with van der Waals surface area (Å²) < 4.78 is 21.9. The molecule has 0 aliphatic carbocycles. The monoisotopic (exact) mass is 422 g/mol. The topological polar surface area (TPSA) is 135 Å². The Morgan fingerprint density at radius 2 is 1.70 bits per heavy atom. The van der Waals surface area contributed by atoms with Gasteiger partial charge >= 0.3 is 17.9 Å². The van der Waals surface area contributed by atoms with Crippen LogP contribution in [0.4, 0.5) is 11.4 Å². The van der Waals surface area contributed by atoms with E-state index < -0.39 is 47.4 Å². The number of hydrogen-bond acceptors (Lipinski definition) is 10. The first-order valence-corrected chi connectivity index (χ1v) is 9.34. The molecule has 1 saturated heterocycles. The van der Waals surface area contributed by atoms with Crippen LogP contribution in [0.5, 0.6) is 0 Å². The summed E-state index contributed by atoms with van der Waals surface area (Å²) in [5.74, 6) is -1.90. The lowest BCUT2D eigenvalue weighted by Gasteiger charge is -2.44. The first-order valence-electron chi connectivity index (χ1n) is 9.34. The molecule has 162 valence electrons. The highest BCUT2D eigenvalue weighted by Gasteiger charge is 2.50. The van der Waals surface area contributed by atoms with Gasteiger partial charge in [0.25, 0.3) is 5.69 Å². The predicted molar refractivity (Wildman–Crippen MR) is 101 cm³/mol. The Labute approximate surface area is 172 Å². The number of ether oxygens (including phenoxy) is 4. The molecule has 0 spiro atoms. The van der Waals surface area contributed by atoms with Gasteiger partial charge in [-0.3, -0.25) is 24.5 Å². The minimum absolute atomic E-state index is 0.0881. The number of benzene rings is 1. The molecule has 0 amide bonds. The lowest BCUT2D eigenvalue weighted by Crippen LogP contribution is -2.62. The van der Waals surface area contributed by atoms with Crippen LogP contribution in [0.25, 0.3) is 0 Å². The van der Waals surface area contributed by atoms with Crippen molar-refractivity contribution in [3.63, 3.8) is 0 Å². The van der Waals surface area contributed by atoms with Crippen LogP contribution in [0, 0.1) is 10.1 Å². The zero-order chi connectivity index (χ0) is 22.0. The molecule has 2 aliphatic heterocycles. The molecule has 30 heavy (non-hydrogen) atoms. The van der Waals surface area contributed by atoms with Crippen molar-refractivity contribution in [1.82, 2.24) is 0 Å². The average molecular weight is 422 g/mol. The van der Waals surface area contributed by atoms with Crippen LogP contribution in [0.15, 0.2) is 18.2 Å². The van der Waals surface area contributed by atoms with Crippen molar-refractivity contribution in [2.75, 3.05) is 18.1 Å². The van der Waals surface area contributed by atoms with Crippen LogP contribution in [-0.4, -0.2) is 60.5 Å². The number of nitro benzene ring substituents is 1. The van der Waals surface area contributed by atoms with E-state index in [9.17, 15) is 24.5 Å². The molecule has 0 N–H and O–H groups in total. The van der Waals surface area contributed by atoms with Crippen molar-refractivity contribution in [2.24, 2.45) is 0 Å². The summed E-state index contributed by atoms with van der Waals surface area (Å²) in [6.45, 7) is 3.92. The zero-order valence-electron chi connectivity index (χ0n) is 16.7. The fraction of sp³-hybridized carbons (Fsp3) is 0.526. The summed E-state index contributed by atoms with van der Waals surface area (Å²) in [7, 11) is 0. The Morgan fingerprint density at radius 1 is 1.07 bits per heavy atom. The Kier molecular flexibility index (Phi) is 6.20. The van der Waals surface area contributed by atoms with Crippen molar-refractivity contribution < 1.29 is 38.3 Å². The third kappa shape index (κ3) is 4.51. The molecule has 2 aliphatic rings. The number of non-ortho nitro benzene ring substituents is 1. The molecule has 0 saturated carbocycles. The molecule has 1 aromatic rings. The Bertz CT molecular complexity index is 872. The summed E-state index contributed by atoms with van der Waals surface area (Å²) in [6.07, 6.45) is -3.48. The van der Waals surface area contributed by atoms with Crippen LogP contribution < -0.4 is 4.90 Å². The number of nitro groups is 1. The van der Waals surface area contributed by atoms with E-state index in [1.807, 2.05) is 0 Å². The molecule has 0 aromatic heterocycles. The van der Waals surface area contributed by atoms with Crippen molar-refractivity contribution in [1.29, 1.82) is 0 Å². The van der Waals surface area contributed by atoms with E-state index in [4.69, 9.17) is 18.9 Å². The number of rotatable bonds is 5. The summed E-state index contributed by atoms with van der Waals surface area (Å²) in [5.41, 5.74) is 1.35. The van der Waals surface area contributed by atoms with Crippen LogP contribution in [0.3, 0.4) is 0 Å². The third-order valence-electron chi connectivity index (χ3n) is 4.84. The lowest BCUT2D eigenvalue weighted by atomic mass is 10.0. The SMILES string of the molecule is CC(=O)O[C@@H]1[C@H](OC(C)=O)[C@@H](OC(C)=O)CO[C@@H]1N1CCc2ccc([N+](=O)[O-])cc21. The molecule has 0 bridgehead atoms. The van der Waals surface area contributed by atoms with Crippen molar-refractivity contribution in [2.45, 2.75) is 51.7 Å². The van der Waals surface area contributed by atoms with Gasteiger partial charge in [0.1, 0.15) is 0 Å². The van der Waals surface area contributed by atoms with E-state index in [1.165, 1.54) is 32.9 Å². The number of esters is 3. The summed E-state index contributed by atoms with van der Waals surface area (Å²) in [5, 5.41) is 11.2. The summed E-state index contributed by atoms with van der Waals surface area (Å²) in [4.78, 5) is 47.4. The Hall–Kier alpha value is -3.21. The highest BCUT2D eigenvalue weighted by molar-refractivity contribution is 5.69. The highest BCUT2D eigenvalue weighted by Crippen LogP contribution is 2.37. The van der Waals surface area contributed by atoms with E-state index in [1.54, 1.807) is 11.0 Å². The van der Waals surface area contributed by atoms with Crippen molar-refractivity contribution in [3.05, 3.63) is 33.9 Å². The first kappa shape index (κ1) is 21.5. The maximum atomic E-state index is 11.8. The molecule has 0 radical (unpaired) electrons. The quantitative estimate of drug-likeness (QED) is 0.294. The minimum atomic E-state index is -1.12. The van der Waals surface area contributed by atoms with Crippen molar-refractivity contribution >= 4 is 29.3 Å². The maximum Gasteiger partial charge on any atom is 0.303 e. The summed E-state index contributed by atoms with van der Waals surface area (Å²) in [6, 6.07) is 4.52. The van der Waals surface area contributed by atoms with Gasteiger partial charge in [0, 0.05) is 45.1 Å². The first-order chi connectivity index (χ1) is 14.2. The largest absolute Gasteiger partial charge is 0.456 e. The number of anilines is 1. The second-order valence-corrected chi connectivity index (χ2v) is 7.03. The normalized spacial score (nSPS) is 25.2. The van der Waals surface area contributed by atoms with Gasteiger partial charge in [-0.15, -0.1) is 0 Å². The molecule has 4 atom stereocenters. The fourth-order valence-corrected chi connectivity index (χ4v) is 3.76. The standard InChI is InChI=1S/C19H22N2O9/c1-10(22)28-16-9-27-19(18(30-12(3)24)17(16)29-11(2)23)20-7-6-13-4-5-14(21(25)26)8-15(13)20/h4-5,8,16-19H,6-7,9H2,1-3H3/t16-,17+,18+,19-/m0/s1. The zero-order valence-corrected chi connectivity index (χ0v) is 16.7. The second kappa shape index (κ2) is 8.66. The number of fused-ring (bicyclic) bond motifs is 1. The van der Waals surface area contributed by atoms with Gasteiger partial charge < -0.3 is 23.8 Å². The predicted octanol–water partition coefficient (Wildman–Crippen LogP) is 1.11. The van der Waals surface area contributed by atoms with Gasteiger partial charge in [-0.05, 0) is 12.0 Å². The summed E-state index contributed by atoms with van der Waals surface area (Å²) >= 11 is 0. The molecule has 3 rings (SSSR count). The van der Waals surface area contributed by atoms with E-state index in [0.29, 0.717) is 18.7 Å². The average Bonchev–Trinajstić information content (AvgIpc) is 3.06. The molecule has 1 fully saturated rings. The molecule has 11 heteroatoms. The minimum Gasteiger partial charge on any atom is -0.456 e. The molecular formula is C19H22N2O9. The van der Waals surface area contributed by atoms with Crippen molar-refractivity contribution in [3.8, 4) is 0 Å². The molecule has 0 unspecified atom stereocenters. The number of nitrogens with zero attached hydrogens (tertiary/aromatic N) is 2. The van der Waals surface area contributed by atoms with E-state index in [-0.39, 0.29) is 12.3 Å². The number of carbonyl (C=O) groups is 3. The highest BCUT2D eigenvalue weighted by atomic mass is 16.6. The maximum absolute atomic E-state index is 11.8. The molecule has 11 nitrogen and oxygen atoms in total. The Balaban J connectivity index is 1.97. The third-order valence-corrected chi connectivity index (χ3v) is 4.84. The van der Waals surface area contributed by atoms with Gasteiger partial charge in [-0.1, -0.05) is 6.07 Å². The van der Waals surface area contributed by atoms with Crippen LogP contribution >= 0.6 is 0 Å². The number of hydrogen-bond donors (Lipinski definition) is 0. The van der Waals surface area contributed by atoms with Gasteiger partial charge in [-0.2, -0.15) is 0 Å². The van der Waals surface area contributed by atoms with Gasteiger partial charge in [-0.25, -0.2) is 0 Å². The smallest absolute Gasteiger partial charge is 0.303 e. The van der Waals surface area contributed by atoms with E-state index in [2.05, 4.69) is 0 Å². The molecule has 2 heterocycles. The van der Waals surface area contributed by atoms with Crippen LogP contribution in [-0.2, 0) is 39.8 Å². The fourth-order valence-electron chi connectivity index (χ4n) is 3.76. The van der Waals surface area contributed by atoms with Gasteiger partial charge in [0.05, 0.1) is 11.5 Å². The molecule has 1 aromatic carbocycles. The molecular weight excluding hydrogens is 400 g/mol. The Morgan fingerprint density at radius 3 is 2.30 bits per heavy atom. The van der Waals surface area contributed by atoms with E-state index >= 15 is 0 Å². The van der Waals surface area contributed by atoms with Gasteiger partial charge in [0.2, 0.25) is 0 Å². The van der Waals surface area contributed by atoms with Crippen LogP contribution in [0.2, 0.25) is 0 Å².